The van der Waals surface area contributed by atoms with Crippen LogP contribution in [0.1, 0.15) is 30.9 Å². The summed E-state index contributed by atoms with van der Waals surface area (Å²) in [5.41, 5.74) is 1.20. The molecule has 0 atom stereocenters. The van der Waals surface area contributed by atoms with Gasteiger partial charge in [-0.25, -0.2) is 9.97 Å². The van der Waals surface area contributed by atoms with Crippen molar-refractivity contribution < 1.29 is 0 Å². The predicted octanol–water partition coefficient (Wildman–Crippen LogP) is 1.71. The molecule has 1 N–H and O–H groups in total. The zero-order valence-electron chi connectivity index (χ0n) is 10.7. The Balaban J connectivity index is 1.76. The molecule has 4 heteroatoms. The van der Waals surface area contributed by atoms with Gasteiger partial charge in [0.25, 0.3) is 0 Å². The molecule has 1 aliphatic carbocycles. The summed E-state index contributed by atoms with van der Waals surface area (Å²) < 4.78 is 0. The van der Waals surface area contributed by atoms with E-state index in [-0.39, 0.29) is 0 Å². The van der Waals surface area contributed by atoms with Crippen LogP contribution in [0.25, 0.3) is 0 Å². The number of hydrogen-bond donors (Lipinski definition) is 1. The third-order valence-electron chi connectivity index (χ3n) is 3.76. The minimum atomic E-state index is 0.567. The Morgan fingerprint density at radius 3 is 2.89 bits per heavy atom. The zero-order valence-corrected chi connectivity index (χ0v) is 10.7. The number of rotatable bonds is 2. The lowest BCUT2D eigenvalue weighted by Crippen LogP contribution is -2.28. The smallest absolute Gasteiger partial charge is 0.132 e. The number of anilines is 1. The molecule has 0 aromatic carbocycles. The van der Waals surface area contributed by atoms with Crippen molar-refractivity contribution in [2.24, 2.45) is 0 Å². The van der Waals surface area contributed by atoms with Gasteiger partial charge in [0, 0.05) is 37.3 Å². The summed E-state index contributed by atoms with van der Waals surface area (Å²) in [4.78, 5) is 11.3. The Bertz CT molecular complexity index is 414. The number of aromatic nitrogens is 2. The lowest BCUT2D eigenvalue weighted by atomic mass is 10.0. The van der Waals surface area contributed by atoms with Gasteiger partial charge >= 0.3 is 0 Å². The average molecular weight is 244 g/mol. The molecule has 96 valence electrons. The van der Waals surface area contributed by atoms with Crippen LogP contribution in [-0.4, -0.2) is 36.1 Å². The molecule has 0 unspecified atom stereocenters. The quantitative estimate of drug-likeness (QED) is 0.804. The van der Waals surface area contributed by atoms with Crippen molar-refractivity contribution in [2.45, 2.75) is 25.2 Å². The molecule has 1 fully saturated rings. The molecule has 0 radical (unpaired) electrons. The summed E-state index contributed by atoms with van der Waals surface area (Å²) in [6.45, 7) is 4.29. The highest BCUT2D eigenvalue weighted by atomic mass is 15.2. The van der Waals surface area contributed by atoms with E-state index in [2.05, 4.69) is 38.4 Å². The molecule has 0 saturated carbocycles. The van der Waals surface area contributed by atoms with Crippen LogP contribution in [0.5, 0.6) is 0 Å². The SMILES string of the molecule is C1=CCC(c2cc(N3CCCNCC3)ncn2)C1. The first-order chi connectivity index (χ1) is 8.93. The monoisotopic (exact) mass is 244 g/mol. The van der Waals surface area contributed by atoms with Gasteiger partial charge in [-0.1, -0.05) is 12.2 Å². The molecule has 0 amide bonds. The van der Waals surface area contributed by atoms with E-state index in [0.29, 0.717) is 5.92 Å². The van der Waals surface area contributed by atoms with Crippen molar-refractivity contribution in [1.29, 1.82) is 0 Å². The van der Waals surface area contributed by atoms with E-state index in [4.69, 9.17) is 0 Å². The van der Waals surface area contributed by atoms with Gasteiger partial charge in [0.15, 0.2) is 0 Å². The third kappa shape index (κ3) is 2.53. The fourth-order valence-electron chi connectivity index (χ4n) is 2.69. The molecular formula is C14H20N4. The van der Waals surface area contributed by atoms with Gasteiger partial charge in [-0.2, -0.15) is 0 Å². The first-order valence-corrected chi connectivity index (χ1v) is 6.86. The van der Waals surface area contributed by atoms with Gasteiger partial charge in [0.05, 0.1) is 0 Å². The molecule has 2 aliphatic rings. The number of allylic oxidation sites excluding steroid dienone is 2. The van der Waals surface area contributed by atoms with Gasteiger partial charge in [0.2, 0.25) is 0 Å². The number of hydrogen-bond acceptors (Lipinski definition) is 4. The molecule has 1 aliphatic heterocycles. The van der Waals surface area contributed by atoms with Crippen molar-refractivity contribution in [2.75, 3.05) is 31.1 Å². The van der Waals surface area contributed by atoms with Crippen LogP contribution >= 0.6 is 0 Å². The van der Waals surface area contributed by atoms with Crippen molar-refractivity contribution in [3.05, 3.63) is 30.2 Å². The number of nitrogens with one attached hydrogen (secondary N) is 1. The molecule has 3 rings (SSSR count). The molecule has 0 spiro atoms. The van der Waals surface area contributed by atoms with Gasteiger partial charge in [-0.05, 0) is 25.8 Å². The Morgan fingerprint density at radius 1 is 1.11 bits per heavy atom. The molecule has 1 aromatic heterocycles. The van der Waals surface area contributed by atoms with Crippen LogP contribution in [0, 0.1) is 0 Å². The van der Waals surface area contributed by atoms with Crippen LogP contribution in [-0.2, 0) is 0 Å². The fourth-order valence-corrected chi connectivity index (χ4v) is 2.69. The van der Waals surface area contributed by atoms with E-state index < -0.39 is 0 Å². The maximum Gasteiger partial charge on any atom is 0.132 e. The molecule has 4 nitrogen and oxygen atoms in total. The van der Waals surface area contributed by atoms with Crippen molar-refractivity contribution in [1.82, 2.24) is 15.3 Å². The minimum absolute atomic E-state index is 0.567. The largest absolute Gasteiger partial charge is 0.355 e. The average Bonchev–Trinajstić information content (AvgIpc) is 2.82. The standard InChI is InChI=1S/C14H20N4/c1-2-5-12(4-1)13-10-14(17-11-16-13)18-8-3-6-15-7-9-18/h1-2,10-12,15H,3-9H2. The highest BCUT2D eigenvalue weighted by Crippen LogP contribution is 2.29. The third-order valence-corrected chi connectivity index (χ3v) is 3.76. The summed E-state index contributed by atoms with van der Waals surface area (Å²) in [6, 6.07) is 2.18. The zero-order chi connectivity index (χ0) is 12.2. The topological polar surface area (TPSA) is 41.0 Å². The maximum atomic E-state index is 4.45. The molecule has 2 heterocycles. The van der Waals surface area contributed by atoms with Crippen molar-refractivity contribution in [3.8, 4) is 0 Å². The molecule has 1 aromatic rings. The van der Waals surface area contributed by atoms with E-state index in [1.54, 1.807) is 6.33 Å². The van der Waals surface area contributed by atoms with Crippen LogP contribution in [0.15, 0.2) is 24.5 Å². The second kappa shape index (κ2) is 5.48. The summed E-state index contributed by atoms with van der Waals surface area (Å²) >= 11 is 0. The summed E-state index contributed by atoms with van der Waals surface area (Å²) in [7, 11) is 0. The van der Waals surface area contributed by atoms with Crippen molar-refractivity contribution >= 4 is 5.82 Å². The lowest BCUT2D eigenvalue weighted by Gasteiger charge is -2.21. The highest BCUT2D eigenvalue weighted by molar-refractivity contribution is 5.40. The Kier molecular flexibility index (Phi) is 3.55. The van der Waals surface area contributed by atoms with Gasteiger partial charge < -0.3 is 10.2 Å². The van der Waals surface area contributed by atoms with E-state index in [9.17, 15) is 0 Å². The Morgan fingerprint density at radius 2 is 2.00 bits per heavy atom. The van der Waals surface area contributed by atoms with Crippen molar-refractivity contribution in [3.63, 3.8) is 0 Å². The highest BCUT2D eigenvalue weighted by Gasteiger charge is 2.17. The first-order valence-electron chi connectivity index (χ1n) is 6.86. The van der Waals surface area contributed by atoms with E-state index in [1.165, 1.54) is 12.1 Å². The van der Waals surface area contributed by atoms with E-state index >= 15 is 0 Å². The maximum absolute atomic E-state index is 4.45. The molecule has 0 bridgehead atoms. The first kappa shape index (κ1) is 11.7. The van der Waals surface area contributed by atoms with Crippen LogP contribution in [0.3, 0.4) is 0 Å². The second-order valence-electron chi connectivity index (χ2n) is 5.03. The second-order valence-corrected chi connectivity index (χ2v) is 5.03. The summed E-state index contributed by atoms with van der Waals surface area (Å²) in [5.74, 6) is 1.66. The van der Waals surface area contributed by atoms with Gasteiger partial charge in [-0.15, -0.1) is 0 Å². The lowest BCUT2D eigenvalue weighted by molar-refractivity contribution is 0.714. The molecule has 18 heavy (non-hydrogen) atoms. The normalized spacial score (nSPS) is 21.2. The summed E-state index contributed by atoms with van der Waals surface area (Å²) in [5, 5.41) is 3.42. The molecule has 1 saturated heterocycles. The summed E-state index contributed by atoms with van der Waals surface area (Å²) in [6.07, 6.45) is 9.66. The van der Waals surface area contributed by atoms with Crippen LogP contribution < -0.4 is 10.2 Å². The fraction of sp³-hybridized carbons (Fsp3) is 0.571. The van der Waals surface area contributed by atoms with Crippen LogP contribution in [0.2, 0.25) is 0 Å². The Labute approximate surface area is 108 Å². The van der Waals surface area contributed by atoms with E-state index in [0.717, 1.165) is 44.8 Å². The van der Waals surface area contributed by atoms with Gasteiger partial charge in [-0.3, -0.25) is 0 Å². The van der Waals surface area contributed by atoms with Gasteiger partial charge in [0.1, 0.15) is 12.1 Å². The van der Waals surface area contributed by atoms with Crippen LogP contribution in [0.4, 0.5) is 5.82 Å². The Hall–Kier alpha value is -1.42. The minimum Gasteiger partial charge on any atom is -0.355 e. The number of nitrogens with zero attached hydrogens (tertiary/aromatic N) is 3. The van der Waals surface area contributed by atoms with E-state index in [1.807, 2.05) is 0 Å². The predicted molar refractivity (Wildman–Crippen MR) is 72.8 cm³/mol. The molecular weight excluding hydrogens is 224 g/mol.